The van der Waals surface area contributed by atoms with Gasteiger partial charge in [0.1, 0.15) is 5.54 Å². The molecule has 1 aliphatic carbocycles. The molecule has 1 atom stereocenters. The quantitative estimate of drug-likeness (QED) is 0.133. The van der Waals surface area contributed by atoms with Gasteiger partial charge in [0.05, 0.1) is 11.0 Å². The van der Waals surface area contributed by atoms with Gasteiger partial charge in [0, 0.05) is 27.8 Å². The smallest absolute Gasteiger partial charge is 0.100 e. The molecule has 0 saturated carbocycles. The third-order valence-corrected chi connectivity index (χ3v) is 13.8. The number of hydrogen-bond acceptors (Lipinski definition) is 1. The molecular formula is C66H48N2. The first-order valence-corrected chi connectivity index (χ1v) is 23.6. The molecule has 2 heteroatoms. The van der Waals surface area contributed by atoms with E-state index in [9.17, 15) is 0 Å². The summed E-state index contributed by atoms with van der Waals surface area (Å²) in [5, 5.41) is 2.49. The van der Waals surface area contributed by atoms with E-state index in [1.807, 2.05) is 0 Å². The van der Waals surface area contributed by atoms with Gasteiger partial charge >= 0.3 is 0 Å². The molecule has 68 heavy (non-hydrogen) atoms. The van der Waals surface area contributed by atoms with E-state index in [2.05, 4.69) is 289 Å². The zero-order valence-corrected chi connectivity index (χ0v) is 37.7. The highest BCUT2D eigenvalue weighted by Gasteiger charge is 2.45. The summed E-state index contributed by atoms with van der Waals surface area (Å²) >= 11 is 0. The number of anilines is 2. The zero-order valence-electron chi connectivity index (χ0n) is 37.7. The lowest BCUT2D eigenvalue weighted by Gasteiger charge is -2.49. The Morgan fingerprint density at radius 1 is 0.368 bits per heavy atom. The van der Waals surface area contributed by atoms with E-state index in [1.54, 1.807) is 0 Å². The first-order chi connectivity index (χ1) is 33.7. The van der Waals surface area contributed by atoms with Gasteiger partial charge < -0.3 is 9.47 Å². The van der Waals surface area contributed by atoms with Crippen molar-refractivity contribution < 1.29 is 0 Å². The van der Waals surface area contributed by atoms with Gasteiger partial charge in [-0.05, 0) is 122 Å². The largest absolute Gasteiger partial charge is 0.327 e. The normalized spacial score (nSPS) is 14.5. The van der Waals surface area contributed by atoms with Crippen LogP contribution in [0.25, 0.3) is 77.6 Å². The van der Waals surface area contributed by atoms with Crippen molar-refractivity contribution in [2.45, 2.75) is 12.0 Å². The Balaban J connectivity index is 1.07. The maximum absolute atomic E-state index is 2.62. The first kappa shape index (κ1) is 40.8. The van der Waals surface area contributed by atoms with E-state index in [1.165, 1.54) is 83.0 Å². The van der Waals surface area contributed by atoms with Gasteiger partial charge in [0.2, 0.25) is 0 Å². The first-order valence-electron chi connectivity index (χ1n) is 23.6. The van der Waals surface area contributed by atoms with Crippen LogP contribution >= 0.6 is 0 Å². The molecule has 1 aromatic heterocycles. The molecule has 2 nitrogen and oxygen atoms in total. The summed E-state index contributed by atoms with van der Waals surface area (Å²) in [7, 11) is 0. The lowest BCUT2D eigenvalue weighted by Crippen LogP contribution is -2.45. The van der Waals surface area contributed by atoms with Crippen LogP contribution in [0.5, 0.6) is 0 Å². The highest BCUT2D eigenvalue weighted by molar-refractivity contribution is 6.15. The lowest BCUT2D eigenvalue weighted by molar-refractivity contribution is 0.568. The van der Waals surface area contributed by atoms with Crippen LogP contribution in [-0.4, -0.2) is 4.57 Å². The van der Waals surface area contributed by atoms with Crippen molar-refractivity contribution in [2.24, 2.45) is 0 Å². The van der Waals surface area contributed by atoms with Crippen LogP contribution in [0, 0.1) is 0 Å². The second-order valence-corrected chi connectivity index (χ2v) is 17.6. The number of hydrogen-bond donors (Lipinski definition) is 0. The zero-order chi connectivity index (χ0) is 45.3. The standard InChI is InChI=1S/C66H48N2/c1-5-21-48(22-6-1)53-27-19-28-54(47-53)49-38-42-56(43-39-49)68(66(46-18-17-34-61(66)52-25-9-3-10-26-52)62-35-15-13-31-58(62)50-23-7-2-8-24-50)57-44-40-51(41-45-57)59-33-20-37-64-65(59)60-32-14-16-36-63(60)67(64)55-29-11-4-12-30-55/h1-45,47H,46H2. The van der Waals surface area contributed by atoms with E-state index in [0.29, 0.717) is 0 Å². The molecule has 1 aliphatic rings. The second-order valence-electron chi connectivity index (χ2n) is 17.6. The fourth-order valence-electron chi connectivity index (χ4n) is 10.7. The molecule has 10 aromatic carbocycles. The van der Waals surface area contributed by atoms with E-state index in [4.69, 9.17) is 0 Å². The van der Waals surface area contributed by atoms with Gasteiger partial charge in [0.15, 0.2) is 0 Å². The Labute approximate surface area is 398 Å². The number of nitrogens with zero attached hydrogens (tertiary/aromatic N) is 2. The summed E-state index contributed by atoms with van der Waals surface area (Å²) in [6.07, 6.45) is 7.68. The number of aromatic nitrogens is 1. The molecule has 0 aliphatic heterocycles. The van der Waals surface area contributed by atoms with Crippen molar-refractivity contribution in [3.8, 4) is 50.2 Å². The molecule has 0 fully saturated rings. The molecule has 0 spiro atoms. The van der Waals surface area contributed by atoms with Crippen molar-refractivity contribution in [3.63, 3.8) is 0 Å². The topological polar surface area (TPSA) is 8.17 Å². The third kappa shape index (κ3) is 7.15. The second kappa shape index (κ2) is 17.6. The minimum Gasteiger partial charge on any atom is -0.327 e. The van der Waals surface area contributed by atoms with E-state index in [0.717, 1.165) is 23.5 Å². The van der Waals surface area contributed by atoms with Crippen LogP contribution in [0.2, 0.25) is 0 Å². The Kier molecular flexibility index (Phi) is 10.5. The molecule has 1 heterocycles. The van der Waals surface area contributed by atoms with Crippen LogP contribution in [0.15, 0.2) is 279 Å². The van der Waals surface area contributed by atoms with Gasteiger partial charge in [-0.25, -0.2) is 0 Å². The summed E-state index contributed by atoms with van der Waals surface area (Å²) < 4.78 is 2.40. The van der Waals surface area contributed by atoms with Gasteiger partial charge in [-0.15, -0.1) is 0 Å². The number of benzene rings is 10. The Morgan fingerprint density at radius 2 is 0.853 bits per heavy atom. The maximum Gasteiger partial charge on any atom is 0.100 e. The summed E-state index contributed by atoms with van der Waals surface area (Å²) in [6, 6.07) is 95.2. The average molecular weight is 869 g/mol. The van der Waals surface area contributed by atoms with Gasteiger partial charge in [-0.1, -0.05) is 224 Å². The molecule has 0 N–H and O–H groups in total. The van der Waals surface area contributed by atoms with Crippen molar-refractivity contribution in [1.82, 2.24) is 4.57 Å². The monoisotopic (exact) mass is 868 g/mol. The van der Waals surface area contributed by atoms with Crippen LogP contribution in [0.4, 0.5) is 11.4 Å². The van der Waals surface area contributed by atoms with Gasteiger partial charge in [-0.2, -0.15) is 0 Å². The summed E-state index contributed by atoms with van der Waals surface area (Å²) in [6.45, 7) is 0. The minimum absolute atomic E-state index is 0.665. The molecular weight excluding hydrogens is 821 g/mol. The third-order valence-electron chi connectivity index (χ3n) is 13.8. The molecule has 0 radical (unpaired) electrons. The fraction of sp³-hybridized carbons (Fsp3) is 0.0303. The maximum atomic E-state index is 2.62. The molecule has 0 bridgehead atoms. The van der Waals surface area contributed by atoms with Crippen LogP contribution in [0.3, 0.4) is 0 Å². The van der Waals surface area contributed by atoms with Crippen molar-refractivity contribution in [2.75, 3.05) is 4.90 Å². The molecule has 0 saturated heterocycles. The predicted molar refractivity (Wildman–Crippen MR) is 287 cm³/mol. The highest BCUT2D eigenvalue weighted by Crippen LogP contribution is 2.54. The van der Waals surface area contributed by atoms with Crippen molar-refractivity contribution in [1.29, 1.82) is 0 Å². The predicted octanol–water partition coefficient (Wildman–Crippen LogP) is 17.5. The van der Waals surface area contributed by atoms with E-state index < -0.39 is 5.54 Å². The lowest BCUT2D eigenvalue weighted by atomic mass is 9.70. The van der Waals surface area contributed by atoms with E-state index in [-0.39, 0.29) is 0 Å². The number of rotatable bonds is 10. The van der Waals surface area contributed by atoms with Crippen molar-refractivity contribution >= 4 is 38.8 Å². The van der Waals surface area contributed by atoms with Gasteiger partial charge in [-0.3, -0.25) is 0 Å². The molecule has 0 amide bonds. The Bertz CT molecular complexity index is 3610. The highest BCUT2D eigenvalue weighted by atomic mass is 15.2. The number of fused-ring (bicyclic) bond motifs is 3. The SMILES string of the molecule is C1=CCC(c2ccccc2-c2ccccc2)(N(c2ccc(-c3cccc(-c4ccccc4)c3)cc2)c2ccc(-c3cccc4c3c3ccccc3n4-c3ccccc3)cc2)C(c2ccccc2)=C1. The molecule has 1 unspecified atom stereocenters. The number of allylic oxidation sites excluding steroid dienone is 2. The van der Waals surface area contributed by atoms with Crippen LogP contribution in [0.1, 0.15) is 17.5 Å². The molecule has 12 rings (SSSR count). The average Bonchev–Trinajstić information content (AvgIpc) is 3.77. The molecule has 322 valence electrons. The Hall–Kier alpha value is -8.72. The van der Waals surface area contributed by atoms with Crippen LogP contribution < -0.4 is 4.90 Å². The van der Waals surface area contributed by atoms with Crippen LogP contribution in [-0.2, 0) is 5.54 Å². The van der Waals surface area contributed by atoms with Gasteiger partial charge in [0.25, 0.3) is 0 Å². The minimum atomic E-state index is -0.665. The Morgan fingerprint density at radius 3 is 1.54 bits per heavy atom. The summed E-state index contributed by atoms with van der Waals surface area (Å²) in [4.78, 5) is 2.62. The summed E-state index contributed by atoms with van der Waals surface area (Å²) in [5.41, 5.74) is 18.3. The summed E-state index contributed by atoms with van der Waals surface area (Å²) in [5.74, 6) is 0. The van der Waals surface area contributed by atoms with E-state index >= 15 is 0 Å². The fourth-order valence-corrected chi connectivity index (χ4v) is 10.7. The van der Waals surface area contributed by atoms with Crippen molar-refractivity contribution in [3.05, 3.63) is 290 Å². The number of para-hydroxylation sites is 2. The molecule has 11 aromatic rings.